The number of para-hydroxylation sites is 2. The van der Waals surface area contributed by atoms with Gasteiger partial charge < -0.3 is 14.8 Å². The minimum atomic E-state index is -3.57. The Morgan fingerprint density at radius 2 is 1.70 bits per heavy atom. The van der Waals surface area contributed by atoms with Crippen LogP contribution in [0.2, 0.25) is 0 Å². The van der Waals surface area contributed by atoms with Crippen LogP contribution in [-0.4, -0.2) is 34.3 Å². The van der Waals surface area contributed by atoms with E-state index in [0.29, 0.717) is 35.9 Å². The number of carbonyl (C=O) groups excluding carboxylic acids is 1. The Morgan fingerprint density at radius 1 is 0.970 bits per heavy atom. The molecule has 0 aliphatic carbocycles. The molecule has 0 aliphatic rings. The van der Waals surface area contributed by atoms with Crippen LogP contribution in [0.5, 0.6) is 5.75 Å². The monoisotopic (exact) mass is 468 g/mol. The lowest BCUT2D eigenvalue weighted by Crippen LogP contribution is -2.29. The summed E-state index contributed by atoms with van der Waals surface area (Å²) >= 11 is 0. The molecule has 0 aromatic heterocycles. The summed E-state index contributed by atoms with van der Waals surface area (Å²) in [6.45, 7) is 2.84. The van der Waals surface area contributed by atoms with Gasteiger partial charge >= 0.3 is 0 Å². The van der Waals surface area contributed by atoms with Crippen LogP contribution in [0.4, 0.5) is 11.4 Å². The van der Waals surface area contributed by atoms with Gasteiger partial charge in [-0.25, -0.2) is 8.42 Å². The number of amides is 1. The Hall–Kier alpha value is -3.36. The highest BCUT2D eigenvalue weighted by Crippen LogP contribution is 2.31. The molecule has 3 rings (SSSR count). The fraction of sp³-hybridized carbons (Fsp3) is 0.240. The van der Waals surface area contributed by atoms with Gasteiger partial charge in [-0.1, -0.05) is 36.4 Å². The lowest BCUT2D eigenvalue weighted by Gasteiger charge is -2.24. The van der Waals surface area contributed by atoms with Gasteiger partial charge in [-0.2, -0.15) is 0 Å². The normalized spacial score (nSPS) is 11.1. The van der Waals surface area contributed by atoms with Crippen molar-refractivity contribution in [1.82, 2.24) is 0 Å². The zero-order valence-corrected chi connectivity index (χ0v) is 19.8. The van der Waals surface area contributed by atoms with Gasteiger partial charge in [0.05, 0.1) is 31.7 Å². The fourth-order valence-electron chi connectivity index (χ4n) is 3.36. The Balaban J connectivity index is 1.77. The number of sulfonamides is 1. The third-order valence-corrected chi connectivity index (χ3v) is 6.00. The molecule has 3 aromatic rings. The summed E-state index contributed by atoms with van der Waals surface area (Å²) in [5.74, 6) is 0.245. The van der Waals surface area contributed by atoms with Crippen molar-refractivity contribution in [2.24, 2.45) is 0 Å². The first-order chi connectivity index (χ1) is 15.8. The van der Waals surface area contributed by atoms with Crippen LogP contribution in [-0.2, 0) is 27.9 Å². The number of anilines is 2. The molecule has 0 heterocycles. The zero-order valence-electron chi connectivity index (χ0n) is 18.9. The van der Waals surface area contributed by atoms with E-state index in [1.807, 2.05) is 31.2 Å². The molecule has 0 aliphatic heterocycles. The van der Waals surface area contributed by atoms with Gasteiger partial charge in [-0.05, 0) is 54.4 Å². The van der Waals surface area contributed by atoms with Crippen LogP contribution in [0.15, 0.2) is 72.8 Å². The Kier molecular flexibility index (Phi) is 8.08. The second-order valence-electron chi connectivity index (χ2n) is 7.45. The van der Waals surface area contributed by atoms with Crippen LogP contribution in [0.3, 0.4) is 0 Å². The molecule has 0 unspecified atom stereocenters. The van der Waals surface area contributed by atoms with Crippen LogP contribution in [0, 0.1) is 0 Å². The smallest absolute Gasteiger partial charge is 0.255 e. The average molecular weight is 469 g/mol. The minimum Gasteiger partial charge on any atom is -0.492 e. The van der Waals surface area contributed by atoms with E-state index >= 15 is 0 Å². The van der Waals surface area contributed by atoms with Gasteiger partial charge in [0.25, 0.3) is 5.91 Å². The second-order valence-corrected chi connectivity index (χ2v) is 9.36. The molecule has 0 radical (unpaired) electrons. The SMILES string of the molecule is CCOc1ccccc1N(Cc1ccc(C(=O)Nc2cccc(COC)c2)cc1)S(C)(=O)=O. The molecule has 0 saturated carbocycles. The quantitative estimate of drug-likeness (QED) is 0.475. The van der Waals surface area contributed by atoms with E-state index < -0.39 is 10.0 Å². The van der Waals surface area contributed by atoms with Crippen molar-refractivity contribution in [3.05, 3.63) is 89.5 Å². The van der Waals surface area contributed by atoms with Gasteiger partial charge in [0.1, 0.15) is 5.75 Å². The second kappa shape index (κ2) is 11.0. The van der Waals surface area contributed by atoms with Crippen molar-refractivity contribution in [3.63, 3.8) is 0 Å². The first-order valence-electron chi connectivity index (χ1n) is 10.5. The lowest BCUT2D eigenvalue weighted by atomic mass is 10.1. The Labute approximate surface area is 195 Å². The molecule has 33 heavy (non-hydrogen) atoms. The van der Waals surface area contributed by atoms with Gasteiger partial charge in [0, 0.05) is 18.4 Å². The molecule has 0 bridgehead atoms. The summed E-state index contributed by atoms with van der Waals surface area (Å²) in [6.07, 6.45) is 1.16. The van der Waals surface area contributed by atoms with Crippen LogP contribution in [0.1, 0.15) is 28.4 Å². The summed E-state index contributed by atoms with van der Waals surface area (Å²) in [6, 6.07) is 21.3. The fourth-order valence-corrected chi connectivity index (χ4v) is 4.25. The molecular weight excluding hydrogens is 440 g/mol. The Morgan fingerprint density at radius 3 is 2.36 bits per heavy atom. The van der Waals surface area contributed by atoms with Crippen molar-refractivity contribution >= 4 is 27.3 Å². The highest BCUT2D eigenvalue weighted by atomic mass is 32.2. The van der Waals surface area contributed by atoms with Gasteiger partial charge in [0.2, 0.25) is 10.0 Å². The number of ether oxygens (including phenoxy) is 2. The van der Waals surface area contributed by atoms with E-state index in [-0.39, 0.29) is 12.5 Å². The summed E-state index contributed by atoms with van der Waals surface area (Å²) < 4.78 is 37.1. The van der Waals surface area contributed by atoms with Crippen LogP contribution < -0.4 is 14.4 Å². The van der Waals surface area contributed by atoms with E-state index in [1.54, 1.807) is 55.6 Å². The molecule has 7 nitrogen and oxygen atoms in total. The maximum Gasteiger partial charge on any atom is 0.255 e. The summed E-state index contributed by atoms with van der Waals surface area (Å²) in [7, 11) is -1.95. The molecule has 8 heteroatoms. The van der Waals surface area contributed by atoms with Crippen LogP contribution >= 0.6 is 0 Å². The van der Waals surface area contributed by atoms with Crippen molar-refractivity contribution in [2.75, 3.05) is 29.6 Å². The number of nitrogens with one attached hydrogen (secondary N) is 1. The number of hydrogen-bond donors (Lipinski definition) is 1. The molecule has 0 saturated heterocycles. The van der Waals surface area contributed by atoms with E-state index in [4.69, 9.17) is 9.47 Å². The van der Waals surface area contributed by atoms with Gasteiger partial charge in [-0.3, -0.25) is 9.10 Å². The molecule has 174 valence electrons. The maximum atomic E-state index is 12.6. The van der Waals surface area contributed by atoms with Crippen molar-refractivity contribution in [1.29, 1.82) is 0 Å². The Bertz CT molecular complexity index is 1190. The van der Waals surface area contributed by atoms with Crippen molar-refractivity contribution < 1.29 is 22.7 Å². The third-order valence-electron chi connectivity index (χ3n) is 4.87. The average Bonchev–Trinajstić information content (AvgIpc) is 2.78. The van der Waals surface area contributed by atoms with E-state index in [2.05, 4.69) is 5.32 Å². The number of methoxy groups -OCH3 is 1. The van der Waals surface area contributed by atoms with Crippen LogP contribution in [0.25, 0.3) is 0 Å². The van der Waals surface area contributed by atoms with Crippen molar-refractivity contribution in [2.45, 2.75) is 20.1 Å². The topological polar surface area (TPSA) is 84.9 Å². The van der Waals surface area contributed by atoms with Crippen molar-refractivity contribution in [3.8, 4) is 5.75 Å². The molecule has 1 N–H and O–H groups in total. The first kappa shape index (κ1) is 24.3. The number of rotatable bonds is 10. The first-order valence-corrected chi connectivity index (χ1v) is 12.3. The molecular formula is C25H28N2O5S. The van der Waals surface area contributed by atoms with Gasteiger partial charge in [-0.15, -0.1) is 0 Å². The minimum absolute atomic E-state index is 0.115. The lowest BCUT2D eigenvalue weighted by molar-refractivity contribution is 0.102. The van der Waals surface area contributed by atoms with E-state index in [1.165, 1.54) is 4.31 Å². The largest absolute Gasteiger partial charge is 0.492 e. The van der Waals surface area contributed by atoms with E-state index in [9.17, 15) is 13.2 Å². The molecule has 0 atom stereocenters. The molecule has 0 fully saturated rings. The number of carbonyl (C=O) groups is 1. The summed E-state index contributed by atoms with van der Waals surface area (Å²) in [5.41, 5.74) is 3.31. The molecule has 3 aromatic carbocycles. The highest BCUT2D eigenvalue weighted by Gasteiger charge is 2.21. The van der Waals surface area contributed by atoms with Gasteiger partial charge in [0.15, 0.2) is 0 Å². The number of benzene rings is 3. The maximum absolute atomic E-state index is 12.6. The number of nitrogens with zero attached hydrogens (tertiary/aromatic N) is 1. The predicted octanol–water partition coefficient (Wildman–Crippen LogP) is 4.45. The predicted molar refractivity (Wildman–Crippen MR) is 130 cm³/mol. The summed E-state index contributed by atoms with van der Waals surface area (Å²) in [4.78, 5) is 12.6. The molecule has 0 spiro atoms. The zero-order chi connectivity index (χ0) is 23.8. The highest BCUT2D eigenvalue weighted by molar-refractivity contribution is 7.92. The third kappa shape index (κ3) is 6.57. The number of hydrogen-bond acceptors (Lipinski definition) is 5. The van der Waals surface area contributed by atoms with E-state index in [0.717, 1.165) is 17.4 Å². The molecule has 1 amide bonds. The summed E-state index contributed by atoms with van der Waals surface area (Å²) in [5, 5.41) is 2.87. The standard InChI is InChI=1S/C25H28N2O5S/c1-4-32-24-11-6-5-10-23(24)27(33(3,29)30)17-19-12-14-21(15-13-19)25(28)26-22-9-7-8-20(16-22)18-31-2/h5-16H,4,17-18H2,1-3H3,(H,26,28).